The number of nitrogens with two attached hydrogens (primary N) is 1. The average Bonchev–Trinajstić information content (AvgIpc) is 2.42. The van der Waals surface area contributed by atoms with Crippen molar-refractivity contribution in [3.8, 4) is 0 Å². The standard InChI is InChI=1S/C11H24NO7P/c1-11(16-2,8-18-9-13)4-3-6-17-10-20(14,15)19-7-5-12/h9H,3-8,10,12H2,1-2H3,(H,14,15)/t11-/m0/s1. The van der Waals surface area contributed by atoms with Crippen LogP contribution in [0.15, 0.2) is 0 Å². The molecule has 0 amide bonds. The second-order valence-electron chi connectivity index (χ2n) is 4.46. The summed E-state index contributed by atoms with van der Waals surface area (Å²) in [6.45, 7) is 2.78. The number of hydrogen-bond acceptors (Lipinski definition) is 7. The number of rotatable bonds is 13. The van der Waals surface area contributed by atoms with E-state index in [4.69, 9.17) is 15.2 Å². The Kier molecular flexibility index (Phi) is 10.0. The van der Waals surface area contributed by atoms with Crippen molar-refractivity contribution < 1.29 is 33.0 Å². The van der Waals surface area contributed by atoms with E-state index < -0.39 is 13.2 Å². The summed E-state index contributed by atoms with van der Waals surface area (Å²) in [6, 6.07) is 0. The van der Waals surface area contributed by atoms with Gasteiger partial charge in [-0.3, -0.25) is 9.36 Å². The number of methoxy groups -OCH3 is 1. The van der Waals surface area contributed by atoms with E-state index >= 15 is 0 Å². The normalized spacial score (nSPS) is 17.2. The van der Waals surface area contributed by atoms with Crippen molar-refractivity contribution in [1.82, 2.24) is 0 Å². The van der Waals surface area contributed by atoms with Crippen LogP contribution in [0.2, 0.25) is 0 Å². The topological polar surface area (TPSA) is 117 Å². The molecule has 20 heavy (non-hydrogen) atoms. The van der Waals surface area contributed by atoms with Gasteiger partial charge in [-0.25, -0.2) is 0 Å². The molecule has 120 valence electrons. The minimum atomic E-state index is -3.72. The molecule has 0 aromatic carbocycles. The van der Waals surface area contributed by atoms with Gasteiger partial charge in [0.05, 0.1) is 12.2 Å². The molecule has 0 spiro atoms. The number of hydrogen-bond donors (Lipinski definition) is 2. The summed E-state index contributed by atoms with van der Waals surface area (Å²) >= 11 is 0. The molecule has 9 heteroatoms. The van der Waals surface area contributed by atoms with E-state index in [1.165, 1.54) is 7.11 Å². The van der Waals surface area contributed by atoms with Crippen molar-refractivity contribution in [2.24, 2.45) is 5.73 Å². The summed E-state index contributed by atoms with van der Waals surface area (Å²) in [5, 5.41) is 0. The summed E-state index contributed by atoms with van der Waals surface area (Å²) in [4.78, 5) is 19.5. The van der Waals surface area contributed by atoms with Gasteiger partial charge in [-0.05, 0) is 19.8 Å². The lowest BCUT2D eigenvalue weighted by Crippen LogP contribution is -2.33. The molecule has 3 N–H and O–H groups in total. The third kappa shape index (κ3) is 9.41. The maximum absolute atomic E-state index is 11.4. The van der Waals surface area contributed by atoms with Gasteiger partial charge in [-0.2, -0.15) is 0 Å². The largest absolute Gasteiger partial charge is 0.465 e. The van der Waals surface area contributed by atoms with Gasteiger partial charge in [0.1, 0.15) is 13.0 Å². The SMILES string of the molecule is CO[C@@](C)(CCCOCP(=O)(O)OCCN)COC=O. The van der Waals surface area contributed by atoms with E-state index in [0.29, 0.717) is 19.3 Å². The molecule has 0 bridgehead atoms. The van der Waals surface area contributed by atoms with Crippen LogP contribution >= 0.6 is 7.60 Å². The Morgan fingerprint density at radius 3 is 2.65 bits per heavy atom. The zero-order valence-electron chi connectivity index (χ0n) is 11.9. The van der Waals surface area contributed by atoms with E-state index in [-0.39, 0.29) is 32.7 Å². The Hall–Kier alpha value is -0.500. The third-order valence-electron chi connectivity index (χ3n) is 2.61. The Balaban J connectivity index is 3.84. The van der Waals surface area contributed by atoms with Crippen LogP contribution in [-0.2, 0) is 28.1 Å². The minimum absolute atomic E-state index is 0.0158. The van der Waals surface area contributed by atoms with Crippen LogP contribution < -0.4 is 5.73 Å². The quantitative estimate of drug-likeness (QED) is 0.286. The van der Waals surface area contributed by atoms with Gasteiger partial charge < -0.3 is 29.4 Å². The minimum Gasteiger partial charge on any atom is -0.465 e. The molecule has 0 rings (SSSR count). The van der Waals surface area contributed by atoms with Crippen LogP contribution in [0.25, 0.3) is 0 Å². The summed E-state index contributed by atoms with van der Waals surface area (Å²) in [5.41, 5.74) is 4.57. The molecule has 1 unspecified atom stereocenters. The first-order valence-electron chi connectivity index (χ1n) is 6.24. The van der Waals surface area contributed by atoms with Crippen LogP contribution in [0.4, 0.5) is 0 Å². The Bertz CT molecular complexity index is 315. The van der Waals surface area contributed by atoms with E-state index in [1.807, 2.05) is 0 Å². The number of carbonyl (C=O) groups excluding carboxylic acids is 1. The highest BCUT2D eigenvalue weighted by molar-refractivity contribution is 7.52. The lowest BCUT2D eigenvalue weighted by Gasteiger charge is -2.26. The highest BCUT2D eigenvalue weighted by Crippen LogP contribution is 2.41. The molecule has 0 heterocycles. The van der Waals surface area contributed by atoms with Gasteiger partial charge in [-0.1, -0.05) is 0 Å². The molecule has 0 saturated heterocycles. The van der Waals surface area contributed by atoms with Crippen LogP contribution in [0, 0.1) is 0 Å². The smallest absolute Gasteiger partial charge is 0.353 e. The molecule has 0 aliphatic carbocycles. The lowest BCUT2D eigenvalue weighted by atomic mass is 10.0. The summed E-state index contributed by atoms with van der Waals surface area (Å²) < 4.78 is 31.1. The fourth-order valence-electron chi connectivity index (χ4n) is 1.40. The number of carbonyl (C=O) groups is 1. The molecule has 2 atom stereocenters. The van der Waals surface area contributed by atoms with E-state index in [9.17, 15) is 14.3 Å². The molecular formula is C11H24NO7P. The molecule has 0 aliphatic heterocycles. The molecule has 0 aliphatic rings. The highest BCUT2D eigenvalue weighted by atomic mass is 31.2. The summed E-state index contributed by atoms with van der Waals surface area (Å²) in [7, 11) is -2.19. The second-order valence-corrected chi connectivity index (χ2v) is 6.25. The predicted molar refractivity (Wildman–Crippen MR) is 72.3 cm³/mol. The monoisotopic (exact) mass is 313 g/mol. The Labute approximate surface area is 119 Å². The third-order valence-corrected chi connectivity index (χ3v) is 3.70. The van der Waals surface area contributed by atoms with Crippen LogP contribution in [-0.4, -0.2) is 56.8 Å². The van der Waals surface area contributed by atoms with Crippen molar-refractivity contribution >= 4 is 14.1 Å². The molecule has 0 saturated carbocycles. The van der Waals surface area contributed by atoms with Gasteiger partial charge in [0.25, 0.3) is 6.47 Å². The van der Waals surface area contributed by atoms with Gasteiger partial charge in [0.15, 0.2) is 0 Å². The van der Waals surface area contributed by atoms with E-state index in [0.717, 1.165) is 0 Å². The predicted octanol–water partition coefficient (Wildman–Crippen LogP) is 0.479. The molecule has 0 radical (unpaired) electrons. The van der Waals surface area contributed by atoms with Gasteiger partial charge in [-0.15, -0.1) is 0 Å². The second kappa shape index (κ2) is 10.3. The van der Waals surface area contributed by atoms with Gasteiger partial charge in [0, 0.05) is 20.3 Å². The van der Waals surface area contributed by atoms with E-state index in [2.05, 4.69) is 9.26 Å². The summed E-state index contributed by atoms with van der Waals surface area (Å²) in [5.74, 6) is 0. The molecule has 0 aromatic rings. The summed E-state index contributed by atoms with van der Waals surface area (Å²) in [6.07, 6.45) is 0.793. The fraction of sp³-hybridized carbons (Fsp3) is 0.909. The van der Waals surface area contributed by atoms with Crippen molar-refractivity contribution in [1.29, 1.82) is 0 Å². The first-order valence-corrected chi connectivity index (χ1v) is 8.00. The Morgan fingerprint density at radius 2 is 2.10 bits per heavy atom. The molecular weight excluding hydrogens is 289 g/mol. The van der Waals surface area contributed by atoms with Gasteiger partial charge >= 0.3 is 7.60 Å². The first-order chi connectivity index (χ1) is 9.39. The van der Waals surface area contributed by atoms with Crippen molar-refractivity contribution in [2.75, 3.05) is 39.8 Å². The first kappa shape index (κ1) is 19.5. The van der Waals surface area contributed by atoms with Crippen molar-refractivity contribution in [2.45, 2.75) is 25.4 Å². The van der Waals surface area contributed by atoms with Crippen molar-refractivity contribution in [3.05, 3.63) is 0 Å². The molecule has 8 nitrogen and oxygen atoms in total. The van der Waals surface area contributed by atoms with Crippen LogP contribution in [0.5, 0.6) is 0 Å². The lowest BCUT2D eigenvalue weighted by molar-refractivity contribution is -0.138. The van der Waals surface area contributed by atoms with Crippen molar-refractivity contribution in [3.63, 3.8) is 0 Å². The maximum atomic E-state index is 11.4. The van der Waals surface area contributed by atoms with E-state index in [1.54, 1.807) is 6.92 Å². The van der Waals surface area contributed by atoms with Gasteiger partial charge in [0.2, 0.25) is 0 Å². The Morgan fingerprint density at radius 1 is 1.40 bits per heavy atom. The highest BCUT2D eigenvalue weighted by Gasteiger charge is 2.24. The number of ether oxygens (including phenoxy) is 3. The molecule has 0 fully saturated rings. The zero-order valence-corrected chi connectivity index (χ0v) is 12.8. The van der Waals surface area contributed by atoms with Crippen LogP contribution in [0.3, 0.4) is 0 Å². The van der Waals surface area contributed by atoms with Crippen LogP contribution in [0.1, 0.15) is 19.8 Å². The molecule has 0 aromatic heterocycles. The zero-order chi connectivity index (χ0) is 15.5. The average molecular weight is 313 g/mol. The maximum Gasteiger partial charge on any atom is 0.353 e. The fourth-order valence-corrected chi connectivity index (χ4v) is 2.23.